The molecule has 1 aliphatic heterocycles. The lowest BCUT2D eigenvalue weighted by atomic mass is 10.2. The molecule has 2 heterocycles. The number of thioether (sulfide) groups is 1. The number of ether oxygens (including phenoxy) is 1. The number of amides is 2. The molecule has 1 aromatic heterocycles. The molecular formula is C19H18N2O4S. The zero-order valence-electron chi connectivity index (χ0n) is 14.2. The highest BCUT2D eigenvalue weighted by molar-refractivity contribution is 8.18. The van der Waals surface area contributed by atoms with E-state index in [0.717, 1.165) is 34.0 Å². The number of carbonyl (C=O) groups excluding carboxylic acids is 2. The summed E-state index contributed by atoms with van der Waals surface area (Å²) in [6, 6.07) is 11.0. The van der Waals surface area contributed by atoms with Crippen LogP contribution in [0.2, 0.25) is 0 Å². The largest absolute Gasteiger partial charge is 0.618 e. The summed E-state index contributed by atoms with van der Waals surface area (Å²) >= 11 is 0.886. The van der Waals surface area contributed by atoms with Crippen LogP contribution in [-0.4, -0.2) is 17.8 Å². The van der Waals surface area contributed by atoms with Gasteiger partial charge in [0.1, 0.15) is 5.75 Å². The third kappa shape index (κ3) is 4.43. The molecule has 26 heavy (non-hydrogen) atoms. The molecule has 0 radical (unpaired) electrons. The van der Waals surface area contributed by atoms with E-state index in [0.29, 0.717) is 29.4 Å². The standard InChI is InChI=1S/C19H18N2O4S/c1-2-13-3-6-15(21(24)12-13)9-10-25-16-7-4-14(5-8-16)11-17-18(22)20-19(23)26-17/h3-8,11-12H,2,9-10H2,1H3,(H,20,22,23)/b17-11+. The number of rotatable bonds is 6. The van der Waals surface area contributed by atoms with Crippen LogP contribution < -0.4 is 14.8 Å². The minimum Gasteiger partial charge on any atom is -0.618 e. The first-order valence-corrected chi connectivity index (χ1v) is 9.05. The predicted octanol–water partition coefficient (Wildman–Crippen LogP) is 2.83. The third-order valence-corrected chi connectivity index (χ3v) is 4.72. The van der Waals surface area contributed by atoms with Gasteiger partial charge in [-0.2, -0.15) is 4.73 Å². The second-order valence-corrected chi connectivity index (χ2v) is 6.74. The molecule has 0 atom stereocenters. The van der Waals surface area contributed by atoms with Crippen LogP contribution in [0.15, 0.2) is 47.5 Å². The number of benzene rings is 1. The summed E-state index contributed by atoms with van der Waals surface area (Å²) in [5, 5.41) is 13.8. The Bertz CT molecular complexity index is 862. The Morgan fingerprint density at radius 1 is 1.19 bits per heavy atom. The normalized spacial score (nSPS) is 15.3. The van der Waals surface area contributed by atoms with Gasteiger partial charge in [0.2, 0.25) is 0 Å². The van der Waals surface area contributed by atoms with Gasteiger partial charge in [-0.05, 0) is 48.0 Å². The summed E-state index contributed by atoms with van der Waals surface area (Å²) < 4.78 is 6.57. The van der Waals surface area contributed by atoms with Crippen LogP contribution >= 0.6 is 11.8 Å². The predicted molar refractivity (Wildman–Crippen MR) is 99.5 cm³/mol. The van der Waals surface area contributed by atoms with Crippen molar-refractivity contribution in [1.82, 2.24) is 5.32 Å². The molecule has 0 unspecified atom stereocenters. The third-order valence-electron chi connectivity index (χ3n) is 3.91. The average Bonchev–Trinajstić information content (AvgIpc) is 2.95. The molecule has 3 rings (SSSR count). The summed E-state index contributed by atoms with van der Waals surface area (Å²) in [4.78, 5) is 23.1. The molecule has 1 N–H and O–H groups in total. The summed E-state index contributed by atoms with van der Waals surface area (Å²) in [5.41, 5.74) is 2.47. The highest BCUT2D eigenvalue weighted by Crippen LogP contribution is 2.26. The Hall–Kier alpha value is -2.80. The molecular weight excluding hydrogens is 352 g/mol. The van der Waals surface area contributed by atoms with Gasteiger partial charge >= 0.3 is 0 Å². The molecule has 1 fully saturated rings. The number of imide groups is 1. The highest BCUT2D eigenvalue weighted by Gasteiger charge is 2.24. The fourth-order valence-electron chi connectivity index (χ4n) is 2.46. The van der Waals surface area contributed by atoms with Crippen LogP contribution in [0.5, 0.6) is 5.75 Å². The Labute approximate surface area is 155 Å². The molecule has 1 aliphatic rings. The number of aryl methyl sites for hydroxylation is 1. The maximum Gasteiger partial charge on any atom is 0.290 e. The van der Waals surface area contributed by atoms with E-state index in [4.69, 9.17) is 4.74 Å². The molecule has 1 aromatic carbocycles. The van der Waals surface area contributed by atoms with E-state index in [9.17, 15) is 14.8 Å². The van der Waals surface area contributed by atoms with Crippen LogP contribution in [-0.2, 0) is 17.6 Å². The molecule has 0 bridgehead atoms. The van der Waals surface area contributed by atoms with Gasteiger partial charge in [-0.3, -0.25) is 14.9 Å². The summed E-state index contributed by atoms with van der Waals surface area (Å²) in [6.45, 7) is 2.40. The maximum atomic E-state index is 11.9. The van der Waals surface area contributed by atoms with Gasteiger partial charge in [0.15, 0.2) is 11.9 Å². The first kappa shape index (κ1) is 18.0. The van der Waals surface area contributed by atoms with Crippen LogP contribution in [0.3, 0.4) is 0 Å². The lowest BCUT2D eigenvalue weighted by molar-refractivity contribution is -0.614. The van der Waals surface area contributed by atoms with Gasteiger partial charge in [-0.1, -0.05) is 19.1 Å². The molecule has 6 nitrogen and oxygen atoms in total. The lowest BCUT2D eigenvalue weighted by Gasteiger charge is -2.08. The van der Waals surface area contributed by atoms with Crippen molar-refractivity contribution in [1.29, 1.82) is 0 Å². The fraction of sp³-hybridized carbons (Fsp3) is 0.211. The van der Waals surface area contributed by atoms with Crippen molar-refractivity contribution >= 4 is 29.0 Å². The van der Waals surface area contributed by atoms with Crippen LogP contribution in [0.4, 0.5) is 4.79 Å². The average molecular weight is 370 g/mol. The highest BCUT2D eigenvalue weighted by atomic mass is 32.2. The van der Waals surface area contributed by atoms with Crippen LogP contribution in [0.25, 0.3) is 6.08 Å². The van der Waals surface area contributed by atoms with Crippen LogP contribution in [0, 0.1) is 5.21 Å². The molecule has 2 aromatic rings. The van der Waals surface area contributed by atoms with Crippen molar-refractivity contribution in [3.63, 3.8) is 0 Å². The van der Waals surface area contributed by atoms with Gasteiger partial charge in [0, 0.05) is 11.6 Å². The van der Waals surface area contributed by atoms with Crippen molar-refractivity contribution in [2.75, 3.05) is 6.61 Å². The molecule has 0 saturated carbocycles. The van der Waals surface area contributed by atoms with Crippen molar-refractivity contribution in [3.8, 4) is 5.75 Å². The van der Waals surface area contributed by atoms with Gasteiger partial charge in [-0.15, -0.1) is 0 Å². The van der Waals surface area contributed by atoms with Gasteiger partial charge in [0.05, 0.1) is 17.9 Å². The number of carbonyl (C=O) groups is 2. The smallest absolute Gasteiger partial charge is 0.290 e. The number of pyridine rings is 1. The number of hydrogen-bond acceptors (Lipinski definition) is 5. The monoisotopic (exact) mass is 370 g/mol. The topological polar surface area (TPSA) is 82.3 Å². The van der Waals surface area contributed by atoms with E-state index < -0.39 is 0 Å². The van der Waals surface area contributed by atoms with E-state index in [1.165, 1.54) is 0 Å². The second-order valence-electron chi connectivity index (χ2n) is 5.73. The minimum atomic E-state index is -0.375. The fourth-order valence-corrected chi connectivity index (χ4v) is 3.14. The number of aromatic nitrogens is 1. The summed E-state index contributed by atoms with van der Waals surface area (Å²) in [6.07, 6.45) is 4.60. The van der Waals surface area contributed by atoms with Gasteiger partial charge < -0.3 is 9.94 Å². The first-order chi connectivity index (χ1) is 12.5. The van der Waals surface area contributed by atoms with Crippen molar-refractivity contribution in [2.45, 2.75) is 19.8 Å². The summed E-state index contributed by atoms with van der Waals surface area (Å²) in [7, 11) is 0. The zero-order valence-corrected chi connectivity index (χ0v) is 15.0. The van der Waals surface area contributed by atoms with Crippen LogP contribution in [0.1, 0.15) is 23.7 Å². The SMILES string of the molecule is CCc1ccc(CCOc2ccc(/C=C3/SC(=O)NC3=O)cc2)[n+]([O-])c1. The Morgan fingerprint density at radius 3 is 2.58 bits per heavy atom. The van der Waals surface area contributed by atoms with E-state index in [2.05, 4.69) is 5.32 Å². The molecule has 0 aliphatic carbocycles. The quantitative estimate of drug-likeness (QED) is 0.480. The van der Waals surface area contributed by atoms with Gasteiger partial charge in [0.25, 0.3) is 11.1 Å². The number of nitrogens with one attached hydrogen (secondary N) is 1. The molecule has 7 heteroatoms. The van der Waals surface area contributed by atoms with Crippen molar-refractivity contribution < 1.29 is 19.1 Å². The van der Waals surface area contributed by atoms with Crippen molar-refractivity contribution in [2.24, 2.45) is 0 Å². The zero-order chi connectivity index (χ0) is 18.5. The van der Waals surface area contributed by atoms with Gasteiger partial charge in [-0.25, -0.2) is 0 Å². The Morgan fingerprint density at radius 2 is 1.96 bits per heavy atom. The van der Waals surface area contributed by atoms with Crippen molar-refractivity contribution in [3.05, 3.63) is 69.5 Å². The molecule has 1 saturated heterocycles. The van der Waals surface area contributed by atoms with E-state index in [1.807, 2.05) is 31.2 Å². The number of hydrogen-bond donors (Lipinski definition) is 1. The lowest BCUT2D eigenvalue weighted by Crippen LogP contribution is -2.32. The summed E-state index contributed by atoms with van der Waals surface area (Å²) in [5.74, 6) is 0.301. The number of nitrogens with zero attached hydrogens (tertiary/aromatic N) is 1. The maximum absolute atomic E-state index is 11.9. The molecule has 2 amide bonds. The Kier molecular flexibility index (Phi) is 5.58. The first-order valence-electron chi connectivity index (χ1n) is 8.24. The minimum absolute atomic E-state index is 0.358. The second kappa shape index (κ2) is 8.05. The molecule has 134 valence electrons. The van der Waals surface area contributed by atoms with E-state index >= 15 is 0 Å². The van der Waals surface area contributed by atoms with E-state index in [1.54, 1.807) is 24.4 Å². The Balaban J connectivity index is 1.56. The van der Waals surface area contributed by atoms with E-state index in [-0.39, 0.29) is 11.1 Å². The molecule has 0 spiro atoms.